The van der Waals surface area contributed by atoms with E-state index in [4.69, 9.17) is 21.1 Å². The molecule has 0 saturated heterocycles. The molecule has 7 heteroatoms. The summed E-state index contributed by atoms with van der Waals surface area (Å²) in [6.45, 7) is 1.09. The molecule has 0 bridgehead atoms. The number of para-hydroxylation sites is 1. The summed E-state index contributed by atoms with van der Waals surface area (Å²) in [5.74, 6) is 1.43. The molecule has 2 aromatic carbocycles. The van der Waals surface area contributed by atoms with E-state index < -0.39 is 5.12 Å². The molecule has 0 aliphatic carbocycles. The Morgan fingerprint density at radius 2 is 2.00 bits per heavy atom. The summed E-state index contributed by atoms with van der Waals surface area (Å²) in [5.41, 5.74) is 3.69. The van der Waals surface area contributed by atoms with E-state index in [1.54, 1.807) is 6.33 Å². The zero-order chi connectivity index (χ0) is 17.0. The van der Waals surface area contributed by atoms with Crippen molar-refractivity contribution in [2.75, 3.05) is 18.5 Å². The monoisotopic (exact) mass is 417 g/mol. The van der Waals surface area contributed by atoms with Gasteiger partial charge in [0.05, 0.1) is 23.0 Å². The fourth-order valence-corrected chi connectivity index (χ4v) is 3.95. The molecule has 3 aromatic rings. The minimum atomic E-state index is -0.963. The van der Waals surface area contributed by atoms with Crippen LogP contribution >= 0.6 is 27.5 Å². The van der Waals surface area contributed by atoms with Crippen molar-refractivity contribution in [1.29, 1.82) is 0 Å². The van der Waals surface area contributed by atoms with Gasteiger partial charge >= 0.3 is 0 Å². The highest BCUT2D eigenvalue weighted by Crippen LogP contribution is 2.41. The largest absolute Gasteiger partial charge is 0.486 e. The van der Waals surface area contributed by atoms with Gasteiger partial charge in [-0.15, -0.1) is 0 Å². The molecule has 0 saturated carbocycles. The summed E-state index contributed by atoms with van der Waals surface area (Å²) < 4.78 is 14.2. The van der Waals surface area contributed by atoms with Crippen LogP contribution in [0.2, 0.25) is 0 Å². The number of nitrogens with one attached hydrogen (secondary N) is 1. The standard InChI is InChI=1S/C18H13BrClN3O2/c19-12-3-1-2-11-4-5-18(20,22-17(11)12)23-10-21-13-8-15-16(9-14(13)23)25-7-6-24-15/h1-5,8-10,22H,6-7H2. The van der Waals surface area contributed by atoms with Crippen molar-refractivity contribution in [1.82, 2.24) is 9.55 Å². The zero-order valence-electron chi connectivity index (χ0n) is 13.0. The summed E-state index contributed by atoms with van der Waals surface area (Å²) in [7, 11) is 0. The maximum atomic E-state index is 6.94. The number of ether oxygens (including phenoxy) is 2. The Labute approximate surface area is 157 Å². The van der Waals surface area contributed by atoms with Crippen molar-refractivity contribution >= 4 is 50.3 Å². The summed E-state index contributed by atoms with van der Waals surface area (Å²) >= 11 is 10.5. The lowest BCUT2D eigenvalue weighted by molar-refractivity contribution is 0.172. The lowest BCUT2D eigenvalue weighted by Gasteiger charge is -2.32. The van der Waals surface area contributed by atoms with Gasteiger partial charge in [-0.05, 0) is 33.6 Å². The number of nitrogens with zero attached hydrogens (tertiary/aromatic N) is 2. The van der Waals surface area contributed by atoms with E-state index in [1.807, 2.05) is 47.1 Å². The topological polar surface area (TPSA) is 48.3 Å². The van der Waals surface area contributed by atoms with E-state index in [-0.39, 0.29) is 0 Å². The minimum absolute atomic E-state index is 0.539. The molecule has 3 heterocycles. The first kappa shape index (κ1) is 15.1. The second-order valence-corrected chi connectivity index (χ2v) is 7.37. The quantitative estimate of drug-likeness (QED) is 0.465. The van der Waals surface area contributed by atoms with Gasteiger partial charge in [0.15, 0.2) is 11.5 Å². The smallest absolute Gasteiger partial charge is 0.213 e. The van der Waals surface area contributed by atoms with E-state index in [0.29, 0.717) is 24.7 Å². The predicted octanol–water partition coefficient (Wildman–Crippen LogP) is 4.56. The van der Waals surface area contributed by atoms with Crippen LogP contribution in [0.5, 0.6) is 11.5 Å². The fourth-order valence-electron chi connectivity index (χ4n) is 3.17. The molecule has 5 rings (SSSR count). The zero-order valence-corrected chi connectivity index (χ0v) is 15.3. The molecule has 0 radical (unpaired) electrons. The van der Waals surface area contributed by atoms with Gasteiger partial charge in [-0.3, -0.25) is 4.57 Å². The molecule has 1 N–H and O–H groups in total. The molecule has 0 amide bonds. The van der Waals surface area contributed by atoms with Crippen LogP contribution in [0.3, 0.4) is 0 Å². The van der Waals surface area contributed by atoms with E-state index in [9.17, 15) is 0 Å². The first-order chi connectivity index (χ1) is 12.1. The van der Waals surface area contributed by atoms with Gasteiger partial charge in [-0.25, -0.2) is 4.98 Å². The SMILES string of the molecule is ClC1(n2cnc3cc4c(cc32)OCCO4)C=Cc2cccc(Br)c2N1. The summed E-state index contributed by atoms with van der Waals surface area (Å²) in [4.78, 5) is 4.48. The van der Waals surface area contributed by atoms with Gasteiger partial charge in [0.1, 0.15) is 13.2 Å². The van der Waals surface area contributed by atoms with Gasteiger partial charge in [0, 0.05) is 16.6 Å². The maximum absolute atomic E-state index is 6.94. The van der Waals surface area contributed by atoms with Crippen LogP contribution in [-0.4, -0.2) is 22.8 Å². The van der Waals surface area contributed by atoms with Gasteiger partial charge in [-0.1, -0.05) is 29.8 Å². The van der Waals surface area contributed by atoms with Crippen LogP contribution < -0.4 is 14.8 Å². The number of hydrogen-bond acceptors (Lipinski definition) is 4. The molecule has 1 atom stereocenters. The predicted molar refractivity (Wildman–Crippen MR) is 101 cm³/mol. The Bertz CT molecular complexity index is 1030. The van der Waals surface area contributed by atoms with Crippen molar-refractivity contribution in [3.8, 4) is 11.5 Å². The first-order valence-corrected chi connectivity index (χ1v) is 9.03. The van der Waals surface area contributed by atoms with E-state index in [1.165, 1.54) is 0 Å². The van der Waals surface area contributed by atoms with E-state index in [0.717, 1.165) is 26.8 Å². The molecular weight excluding hydrogens is 406 g/mol. The molecule has 2 aliphatic heterocycles. The third-order valence-electron chi connectivity index (χ3n) is 4.39. The number of rotatable bonds is 1. The number of alkyl halides is 1. The second kappa shape index (κ2) is 5.41. The fraction of sp³-hybridized carbons (Fsp3) is 0.167. The first-order valence-electron chi connectivity index (χ1n) is 7.86. The number of anilines is 1. The highest BCUT2D eigenvalue weighted by atomic mass is 79.9. The van der Waals surface area contributed by atoms with Crippen molar-refractivity contribution in [2.45, 2.75) is 5.12 Å². The molecule has 0 spiro atoms. The average molecular weight is 419 g/mol. The Balaban J connectivity index is 1.65. The molecule has 126 valence electrons. The third-order valence-corrected chi connectivity index (χ3v) is 5.46. The van der Waals surface area contributed by atoms with Crippen molar-refractivity contribution in [3.63, 3.8) is 0 Å². The number of halogens is 2. The molecule has 25 heavy (non-hydrogen) atoms. The van der Waals surface area contributed by atoms with Gasteiger partial charge in [-0.2, -0.15) is 0 Å². The molecule has 5 nitrogen and oxygen atoms in total. The van der Waals surface area contributed by atoms with E-state index in [2.05, 4.69) is 26.2 Å². The number of aromatic nitrogens is 2. The van der Waals surface area contributed by atoms with Crippen LogP contribution in [0, 0.1) is 0 Å². The number of fused-ring (bicyclic) bond motifs is 3. The maximum Gasteiger partial charge on any atom is 0.213 e. The van der Waals surface area contributed by atoms with Crippen molar-refractivity contribution < 1.29 is 9.47 Å². The minimum Gasteiger partial charge on any atom is -0.486 e. The summed E-state index contributed by atoms with van der Waals surface area (Å²) in [5, 5.41) is 2.44. The Hall–Kier alpha value is -2.18. The highest BCUT2D eigenvalue weighted by molar-refractivity contribution is 9.10. The van der Waals surface area contributed by atoms with Gasteiger partial charge in [0.25, 0.3) is 0 Å². The Morgan fingerprint density at radius 3 is 2.84 bits per heavy atom. The van der Waals surface area contributed by atoms with Gasteiger partial charge in [0.2, 0.25) is 5.12 Å². The van der Waals surface area contributed by atoms with Crippen LogP contribution in [0.1, 0.15) is 5.56 Å². The molecule has 2 aliphatic rings. The van der Waals surface area contributed by atoms with Crippen LogP contribution in [0.4, 0.5) is 5.69 Å². The average Bonchev–Trinajstić information content (AvgIpc) is 3.04. The third kappa shape index (κ3) is 2.32. The van der Waals surface area contributed by atoms with E-state index >= 15 is 0 Å². The number of imidazole rings is 1. The Kier molecular flexibility index (Phi) is 3.27. The molecule has 1 aromatic heterocycles. The van der Waals surface area contributed by atoms with Crippen molar-refractivity contribution in [3.05, 3.63) is 52.8 Å². The normalized spacial score (nSPS) is 21.0. The molecule has 1 unspecified atom stereocenters. The summed E-state index contributed by atoms with van der Waals surface area (Å²) in [6.07, 6.45) is 5.65. The number of benzene rings is 2. The Morgan fingerprint density at radius 1 is 1.20 bits per heavy atom. The van der Waals surface area contributed by atoms with Crippen LogP contribution in [-0.2, 0) is 5.12 Å². The van der Waals surface area contributed by atoms with Crippen LogP contribution in [0.15, 0.2) is 47.2 Å². The number of hydrogen-bond donors (Lipinski definition) is 1. The molecular formula is C18H13BrClN3O2. The van der Waals surface area contributed by atoms with Gasteiger partial charge < -0.3 is 14.8 Å². The summed E-state index contributed by atoms with van der Waals surface area (Å²) in [6, 6.07) is 9.82. The van der Waals surface area contributed by atoms with Crippen LogP contribution in [0.25, 0.3) is 17.1 Å². The second-order valence-electron chi connectivity index (χ2n) is 5.93. The lowest BCUT2D eigenvalue weighted by Crippen LogP contribution is -2.35. The molecule has 0 fully saturated rings. The van der Waals surface area contributed by atoms with Crippen molar-refractivity contribution in [2.24, 2.45) is 0 Å². The lowest BCUT2D eigenvalue weighted by atomic mass is 10.1. The highest BCUT2D eigenvalue weighted by Gasteiger charge is 2.32.